The first kappa shape index (κ1) is 14.5. The van der Waals surface area contributed by atoms with Gasteiger partial charge in [-0.1, -0.05) is 6.07 Å². The minimum Gasteiger partial charge on any atom is -0.357 e. The molecule has 0 aliphatic carbocycles. The Kier molecular flexibility index (Phi) is 4.72. The van der Waals surface area contributed by atoms with Crippen molar-refractivity contribution in [1.82, 2.24) is 10.7 Å². The van der Waals surface area contributed by atoms with E-state index in [9.17, 15) is 8.78 Å². The number of hydrogen-bond acceptors (Lipinski definition) is 2. The molecule has 0 spiro atoms. The summed E-state index contributed by atoms with van der Waals surface area (Å²) in [7, 11) is 0. The Hall–Kier alpha value is -1.56. The van der Waals surface area contributed by atoms with Gasteiger partial charge in [-0.15, -0.1) is 0 Å². The molecule has 0 bridgehead atoms. The van der Waals surface area contributed by atoms with Crippen molar-refractivity contribution in [2.24, 2.45) is 5.10 Å². The second kappa shape index (κ2) is 5.86. The average molecular weight is 271 g/mol. The minimum atomic E-state index is -0.908. The first-order valence-electron chi connectivity index (χ1n) is 5.34. The maximum atomic E-state index is 12.9. The monoisotopic (exact) mass is 271 g/mol. The van der Waals surface area contributed by atoms with Crippen molar-refractivity contribution in [3.8, 4) is 0 Å². The third kappa shape index (κ3) is 5.18. The van der Waals surface area contributed by atoms with Crippen LogP contribution in [0.4, 0.5) is 8.78 Å². The Balaban J connectivity index is 2.55. The normalized spacial score (nSPS) is 11.6. The molecule has 0 aliphatic rings. The molecule has 0 aromatic heterocycles. The van der Waals surface area contributed by atoms with Gasteiger partial charge in [-0.05, 0) is 50.7 Å². The smallest absolute Gasteiger partial charge is 0.187 e. The number of thiocarbonyl (C=S) groups is 1. The van der Waals surface area contributed by atoms with Gasteiger partial charge in [0.1, 0.15) is 0 Å². The van der Waals surface area contributed by atoms with Crippen LogP contribution in [0.15, 0.2) is 23.3 Å². The highest BCUT2D eigenvalue weighted by Gasteiger charge is 2.09. The predicted octanol–water partition coefficient (Wildman–Crippen LogP) is 2.56. The van der Waals surface area contributed by atoms with Gasteiger partial charge in [0.15, 0.2) is 16.7 Å². The van der Waals surface area contributed by atoms with E-state index in [1.807, 2.05) is 20.8 Å². The van der Waals surface area contributed by atoms with E-state index < -0.39 is 11.6 Å². The van der Waals surface area contributed by atoms with Crippen molar-refractivity contribution in [3.63, 3.8) is 0 Å². The zero-order valence-electron chi connectivity index (χ0n) is 10.4. The van der Waals surface area contributed by atoms with Crippen molar-refractivity contribution in [3.05, 3.63) is 35.4 Å². The Morgan fingerprint density at radius 2 is 1.94 bits per heavy atom. The van der Waals surface area contributed by atoms with Gasteiger partial charge in [-0.2, -0.15) is 5.10 Å². The maximum Gasteiger partial charge on any atom is 0.187 e. The lowest BCUT2D eigenvalue weighted by molar-refractivity contribution is 0.507. The summed E-state index contributed by atoms with van der Waals surface area (Å²) in [4.78, 5) is 0. The Morgan fingerprint density at radius 3 is 2.50 bits per heavy atom. The maximum absolute atomic E-state index is 12.9. The fourth-order valence-corrected chi connectivity index (χ4v) is 1.49. The van der Waals surface area contributed by atoms with E-state index in [4.69, 9.17) is 12.2 Å². The molecule has 0 atom stereocenters. The predicted molar refractivity (Wildman–Crippen MR) is 72.6 cm³/mol. The number of nitrogens with one attached hydrogen (secondary N) is 2. The molecule has 6 heteroatoms. The first-order valence-corrected chi connectivity index (χ1v) is 5.75. The standard InChI is InChI=1S/C12H15F2N3S/c1-12(2,3)16-11(18)17-15-7-8-4-5-9(13)10(14)6-8/h4-7H,1-3H3,(H2,16,17,18)/b15-7+. The summed E-state index contributed by atoms with van der Waals surface area (Å²) in [6.07, 6.45) is 1.36. The molecule has 0 fully saturated rings. The molecule has 0 aliphatic heterocycles. The van der Waals surface area contributed by atoms with Crippen LogP contribution in [0.5, 0.6) is 0 Å². The van der Waals surface area contributed by atoms with Crippen molar-refractivity contribution < 1.29 is 8.78 Å². The lowest BCUT2D eigenvalue weighted by Gasteiger charge is -2.21. The molecular weight excluding hydrogens is 256 g/mol. The highest BCUT2D eigenvalue weighted by molar-refractivity contribution is 7.80. The fourth-order valence-electron chi connectivity index (χ4n) is 1.13. The van der Waals surface area contributed by atoms with Gasteiger partial charge < -0.3 is 5.32 Å². The van der Waals surface area contributed by atoms with Crippen LogP contribution in [0.1, 0.15) is 26.3 Å². The zero-order valence-corrected chi connectivity index (χ0v) is 11.2. The molecular formula is C12H15F2N3S. The highest BCUT2D eigenvalue weighted by Crippen LogP contribution is 2.06. The van der Waals surface area contributed by atoms with E-state index in [1.165, 1.54) is 12.3 Å². The van der Waals surface area contributed by atoms with Crippen LogP contribution in [0, 0.1) is 11.6 Å². The largest absolute Gasteiger partial charge is 0.357 e. The van der Waals surface area contributed by atoms with E-state index in [1.54, 1.807) is 0 Å². The summed E-state index contributed by atoms with van der Waals surface area (Å²) in [6.45, 7) is 5.88. The molecule has 0 saturated heterocycles. The molecule has 3 nitrogen and oxygen atoms in total. The first-order chi connectivity index (χ1) is 8.28. The summed E-state index contributed by atoms with van der Waals surface area (Å²) in [5.74, 6) is -1.79. The van der Waals surface area contributed by atoms with Crippen LogP contribution in [0.2, 0.25) is 0 Å². The van der Waals surface area contributed by atoms with Crippen molar-refractivity contribution in [2.75, 3.05) is 0 Å². The molecule has 0 radical (unpaired) electrons. The number of halogens is 2. The molecule has 0 amide bonds. The van der Waals surface area contributed by atoms with Crippen molar-refractivity contribution in [1.29, 1.82) is 0 Å². The van der Waals surface area contributed by atoms with Gasteiger partial charge in [0.25, 0.3) is 0 Å². The van der Waals surface area contributed by atoms with E-state index in [-0.39, 0.29) is 5.54 Å². The molecule has 98 valence electrons. The molecule has 0 unspecified atom stereocenters. The molecule has 1 aromatic rings. The average Bonchev–Trinajstić information content (AvgIpc) is 2.20. The Bertz CT molecular complexity index is 467. The number of hydrazone groups is 1. The number of rotatable bonds is 2. The third-order valence-electron chi connectivity index (χ3n) is 1.81. The van der Waals surface area contributed by atoms with Crippen LogP contribution in [-0.2, 0) is 0 Å². The quantitative estimate of drug-likeness (QED) is 0.493. The summed E-state index contributed by atoms with van der Waals surface area (Å²) < 4.78 is 25.6. The Morgan fingerprint density at radius 1 is 1.28 bits per heavy atom. The lowest BCUT2D eigenvalue weighted by atomic mass is 10.1. The Labute approximate surface area is 110 Å². The van der Waals surface area contributed by atoms with Crippen LogP contribution in [0.25, 0.3) is 0 Å². The molecule has 0 saturated carbocycles. The lowest BCUT2D eigenvalue weighted by Crippen LogP contribution is -2.44. The number of hydrogen-bond donors (Lipinski definition) is 2. The number of benzene rings is 1. The van der Waals surface area contributed by atoms with Gasteiger partial charge in [0.2, 0.25) is 0 Å². The summed E-state index contributed by atoms with van der Waals surface area (Å²) in [5.41, 5.74) is 2.87. The van der Waals surface area contributed by atoms with E-state index in [2.05, 4.69) is 15.8 Å². The SMILES string of the molecule is CC(C)(C)NC(=S)N/N=C/c1ccc(F)c(F)c1. The van der Waals surface area contributed by atoms with Gasteiger partial charge in [-0.25, -0.2) is 8.78 Å². The van der Waals surface area contributed by atoms with Crippen LogP contribution >= 0.6 is 12.2 Å². The molecule has 1 aromatic carbocycles. The number of nitrogens with zero attached hydrogens (tertiary/aromatic N) is 1. The van der Waals surface area contributed by atoms with Crippen molar-refractivity contribution in [2.45, 2.75) is 26.3 Å². The zero-order chi connectivity index (χ0) is 13.8. The van der Waals surface area contributed by atoms with E-state index in [0.29, 0.717) is 10.7 Å². The van der Waals surface area contributed by atoms with E-state index >= 15 is 0 Å². The van der Waals surface area contributed by atoms with Crippen LogP contribution in [-0.4, -0.2) is 16.9 Å². The topological polar surface area (TPSA) is 36.4 Å². The minimum absolute atomic E-state index is 0.165. The second-order valence-corrected chi connectivity index (χ2v) is 5.16. The summed E-state index contributed by atoms with van der Waals surface area (Å²) in [6, 6.07) is 3.52. The summed E-state index contributed by atoms with van der Waals surface area (Å²) >= 11 is 4.99. The fraction of sp³-hybridized carbons (Fsp3) is 0.333. The highest BCUT2D eigenvalue weighted by atomic mass is 32.1. The van der Waals surface area contributed by atoms with Gasteiger partial charge in [0, 0.05) is 5.54 Å². The van der Waals surface area contributed by atoms with Crippen LogP contribution < -0.4 is 10.7 Å². The molecule has 18 heavy (non-hydrogen) atoms. The van der Waals surface area contributed by atoms with Gasteiger partial charge in [0.05, 0.1) is 6.21 Å². The molecule has 2 N–H and O–H groups in total. The third-order valence-corrected chi connectivity index (χ3v) is 2.01. The summed E-state index contributed by atoms with van der Waals surface area (Å²) in [5, 5.41) is 7.19. The molecule has 0 heterocycles. The molecule has 1 rings (SSSR count). The van der Waals surface area contributed by atoms with Gasteiger partial charge in [-0.3, -0.25) is 5.43 Å². The second-order valence-electron chi connectivity index (χ2n) is 4.75. The van der Waals surface area contributed by atoms with Crippen LogP contribution in [0.3, 0.4) is 0 Å². The van der Waals surface area contributed by atoms with E-state index in [0.717, 1.165) is 12.1 Å². The van der Waals surface area contributed by atoms with Crippen molar-refractivity contribution >= 4 is 23.5 Å². The van der Waals surface area contributed by atoms with Gasteiger partial charge >= 0.3 is 0 Å².